The minimum atomic E-state index is -3.71. The Morgan fingerprint density at radius 3 is 3.00 bits per heavy atom. The number of piperazine rings is 1. The number of hydrogen-bond acceptors (Lipinski definition) is 7. The van der Waals surface area contributed by atoms with Gasteiger partial charge < -0.3 is 10.1 Å². The predicted octanol–water partition coefficient (Wildman–Crippen LogP) is -0.0879. The summed E-state index contributed by atoms with van der Waals surface area (Å²) in [7, 11) is -2.51. The maximum absolute atomic E-state index is 12.6. The van der Waals surface area contributed by atoms with E-state index in [0.717, 1.165) is 11.3 Å². The highest BCUT2D eigenvalue weighted by Crippen LogP contribution is 2.26. The van der Waals surface area contributed by atoms with E-state index in [1.165, 1.54) is 16.9 Å². The van der Waals surface area contributed by atoms with Crippen molar-refractivity contribution in [1.82, 2.24) is 14.6 Å². The molecule has 19 heavy (non-hydrogen) atoms. The van der Waals surface area contributed by atoms with Crippen molar-refractivity contribution in [2.45, 2.75) is 17.2 Å². The highest BCUT2D eigenvalue weighted by Gasteiger charge is 2.35. The van der Waals surface area contributed by atoms with Crippen LogP contribution in [0.1, 0.15) is 17.4 Å². The molecule has 2 heterocycles. The Bertz CT molecular complexity index is 569. The van der Waals surface area contributed by atoms with Gasteiger partial charge in [-0.1, -0.05) is 0 Å². The summed E-state index contributed by atoms with van der Waals surface area (Å²) in [6.45, 7) is 3.38. The Kier molecular flexibility index (Phi) is 4.19. The zero-order chi connectivity index (χ0) is 14.0. The van der Waals surface area contributed by atoms with Crippen molar-refractivity contribution in [3.8, 4) is 0 Å². The number of thiazole rings is 1. The average Bonchev–Trinajstić information content (AvgIpc) is 2.88. The molecule has 0 amide bonds. The monoisotopic (exact) mass is 305 g/mol. The van der Waals surface area contributed by atoms with Gasteiger partial charge in [-0.15, -0.1) is 11.3 Å². The zero-order valence-corrected chi connectivity index (χ0v) is 12.3. The summed E-state index contributed by atoms with van der Waals surface area (Å²) < 4.78 is 31.0. The van der Waals surface area contributed by atoms with Gasteiger partial charge in [0.05, 0.1) is 12.6 Å². The van der Waals surface area contributed by atoms with Crippen LogP contribution in [-0.2, 0) is 14.8 Å². The molecule has 0 unspecified atom stereocenters. The van der Waals surface area contributed by atoms with Crippen LogP contribution in [0.25, 0.3) is 0 Å². The fraction of sp³-hybridized carbons (Fsp3) is 0.600. The van der Waals surface area contributed by atoms with Crippen LogP contribution in [0, 0.1) is 0 Å². The van der Waals surface area contributed by atoms with E-state index in [2.05, 4.69) is 15.0 Å². The number of carbonyl (C=O) groups is 1. The van der Waals surface area contributed by atoms with E-state index < -0.39 is 16.0 Å². The molecule has 0 spiro atoms. The number of carbonyl (C=O) groups excluding carboxylic acids is 1. The van der Waals surface area contributed by atoms with Crippen molar-refractivity contribution in [2.75, 3.05) is 26.7 Å². The molecule has 1 aliphatic rings. The van der Waals surface area contributed by atoms with Gasteiger partial charge in [0.1, 0.15) is 0 Å². The number of sulfonamides is 1. The van der Waals surface area contributed by atoms with Crippen molar-refractivity contribution < 1.29 is 17.9 Å². The molecule has 0 bridgehead atoms. The van der Waals surface area contributed by atoms with Gasteiger partial charge in [0.15, 0.2) is 9.90 Å². The largest absolute Gasteiger partial charge is 0.464 e. The third-order valence-corrected chi connectivity index (χ3v) is 6.26. The molecule has 0 saturated carbocycles. The molecule has 0 aliphatic carbocycles. The molecule has 106 valence electrons. The molecule has 7 nitrogen and oxygen atoms in total. The van der Waals surface area contributed by atoms with Gasteiger partial charge in [0, 0.05) is 25.7 Å². The molecule has 1 aliphatic heterocycles. The van der Waals surface area contributed by atoms with Crippen LogP contribution in [0.4, 0.5) is 0 Å². The summed E-state index contributed by atoms with van der Waals surface area (Å²) >= 11 is 0.934. The Balaban J connectivity index is 2.39. The van der Waals surface area contributed by atoms with Gasteiger partial charge in [-0.3, -0.25) is 0 Å². The van der Waals surface area contributed by atoms with E-state index in [4.69, 9.17) is 0 Å². The number of esters is 1. The first-order valence-electron chi connectivity index (χ1n) is 5.73. The Morgan fingerprint density at radius 1 is 1.63 bits per heavy atom. The van der Waals surface area contributed by atoms with Crippen molar-refractivity contribution in [2.24, 2.45) is 0 Å². The summed E-state index contributed by atoms with van der Waals surface area (Å²) in [6, 6.07) is -0.161. The van der Waals surface area contributed by atoms with Gasteiger partial charge in [-0.05, 0) is 6.92 Å². The fourth-order valence-electron chi connectivity index (χ4n) is 1.94. The van der Waals surface area contributed by atoms with E-state index in [0.29, 0.717) is 19.6 Å². The first-order chi connectivity index (χ1) is 8.98. The summed E-state index contributed by atoms with van der Waals surface area (Å²) in [5.74, 6) is -0.734. The van der Waals surface area contributed by atoms with Crippen LogP contribution in [0.5, 0.6) is 0 Å². The molecule has 1 atom stereocenters. The lowest BCUT2D eigenvalue weighted by Crippen LogP contribution is -2.52. The first kappa shape index (κ1) is 14.4. The molecule has 1 N–H and O–H groups in total. The van der Waals surface area contributed by atoms with Crippen molar-refractivity contribution in [1.29, 1.82) is 0 Å². The molecule has 1 aromatic rings. The third-order valence-electron chi connectivity index (χ3n) is 2.90. The minimum Gasteiger partial charge on any atom is -0.464 e. The zero-order valence-electron chi connectivity index (χ0n) is 10.6. The topological polar surface area (TPSA) is 88.6 Å². The first-order valence-corrected chi connectivity index (χ1v) is 8.05. The van der Waals surface area contributed by atoms with Gasteiger partial charge >= 0.3 is 5.97 Å². The molecular formula is C10H15N3O4S2. The molecule has 9 heteroatoms. The van der Waals surface area contributed by atoms with Gasteiger partial charge in [0.2, 0.25) is 0 Å². The number of ether oxygens (including phenoxy) is 1. The van der Waals surface area contributed by atoms with Crippen LogP contribution in [0.15, 0.2) is 9.72 Å². The highest BCUT2D eigenvalue weighted by atomic mass is 32.2. The lowest BCUT2D eigenvalue weighted by atomic mass is 10.3. The van der Waals surface area contributed by atoms with Crippen LogP contribution < -0.4 is 5.32 Å². The van der Waals surface area contributed by atoms with Crippen molar-refractivity contribution in [3.05, 3.63) is 11.2 Å². The summed E-state index contributed by atoms with van der Waals surface area (Å²) in [5.41, 5.74) is 1.20. The maximum atomic E-state index is 12.6. The molecule has 1 aromatic heterocycles. The molecule has 0 aromatic carbocycles. The summed E-state index contributed by atoms with van der Waals surface area (Å²) in [5, 5.41) is 3.12. The minimum absolute atomic E-state index is 0.0481. The van der Waals surface area contributed by atoms with Gasteiger partial charge in [0.25, 0.3) is 10.0 Å². The SMILES string of the molecule is COC(=O)c1ncsc1S(=O)(=O)N1CCNC[C@@H]1C. The van der Waals surface area contributed by atoms with Crippen LogP contribution in [0.3, 0.4) is 0 Å². The van der Waals surface area contributed by atoms with Crippen LogP contribution in [0.2, 0.25) is 0 Å². The number of rotatable bonds is 3. The van der Waals surface area contributed by atoms with E-state index in [9.17, 15) is 13.2 Å². The number of aromatic nitrogens is 1. The Labute approximate surface area is 115 Å². The average molecular weight is 305 g/mol. The summed E-state index contributed by atoms with van der Waals surface area (Å²) in [4.78, 5) is 15.3. The standard InChI is InChI=1S/C10H15N3O4S2/c1-7-5-11-3-4-13(7)19(15,16)10-8(9(14)17-2)12-6-18-10/h6-7,11H,3-5H2,1-2H3/t7-/m0/s1. The lowest BCUT2D eigenvalue weighted by molar-refractivity contribution is 0.0590. The van der Waals surface area contributed by atoms with Gasteiger partial charge in [-0.25, -0.2) is 18.2 Å². The Hall–Kier alpha value is -1.03. The fourth-order valence-corrected chi connectivity index (χ4v) is 4.81. The number of nitrogens with zero attached hydrogens (tertiary/aromatic N) is 2. The van der Waals surface area contributed by atoms with E-state index in [-0.39, 0.29) is 15.9 Å². The number of methoxy groups -OCH3 is 1. The third kappa shape index (κ3) is 2.64. The lowest BCUT2D eigenvalue weighted by Gasteiger charge is -2.32. The highest BCUT2D eigenvalue weighted by molar-refractivity contribution is 7.91. The quantitative estimate of drug-likeness (QED) is 0.785. The smallest absolute Gasteiger partial charge is 0.358 e. The second-order valence-electron chi connectivity index (χ2n) is 4.15. The molecular weight excluding hydrogens is 290 g/mol. The normalized spacial score (nSPS) is 21.3. The van der Waals surface area contributed by atoms with Crippen molar-refractivity contribution in [3.63, 3.8) is 0 Å². The molecule has 0 radical (unpaired) electrons. The second kappa shape index (κ2) is 5.53. The van der Waals surface area contributed by atoms with E-state index >= 15 is 0 Å². The number of hydrogen-bond donors (Lipinski definition) is 1. The maximum Gasteiger partial charge on any atom is 0.358 e. The second-order valence-corrected chi connectivity index (χ2v) is 7.09. The van der Waals surface area contributed by atoms with E-state index in [1.54, 1.807) is 0 Å². The number of nitrogens with one attached hydrogen (secondary N) is 1. The molecule has 1 fully saturated rings. The summed E-state index contributed by atoms with van der Waals surface area (Å²) in [6.07, 6.45) is 0. The van der Waals surface area contributed by atoms with Crippen molar-refractivity contribution >= 4 is 27.3 Å². The van der Waals surface area contributed by atoms with E-state index in [1.807, 2.05) is 6.92 Å². The van der Waals surface area contributed by atoms with Crippen LogP contribution in [-0.4, -0.2) is 56.5 Å². The predicted molar refractivity (Wildman–Crippen MR) is 69.7 cm³/mol. The van der Waals surface area contributed by atoms with Gasteiger partial charge in [-0.2, -0.15) is 4.31 Å². The molecule has 1 saturated heterocycles. The molecule has 2 rings (SSSR count). The Morgan fingerprint density at radius 2 is 2.37 bits per heavy atom. The van der Waals surface area contributed by atoms with Crippen LogP contribution >= 0.6 is 11.3 Å².